The Morgan fingerprint density at radius 3 is 1.12 bits per heavy atom. The van der Waals surface area contributed by atoms with Gasteiger partial charge >= 0.3 is 0 Å². The number of thioether (sulfide) groups is 1. The van der Waals surface area contributed by atoms with Crippen molar-refractivity contribution in [2.45, 2.75) is 126 Å². The van der Waals surface area contributed by atoms with Crippen LogP contribution in [0.25, 0.3) is 44.1 Å². The van der Waals surface area contributed by atoms with Crippen LogP contribution in [0, 0.1) is 83.1 Å². The monoisotopic (exact) mass is 1820 g/mol. The number of hydrogen-bond acceptors (Lipinski definition) is 30. The number of likely N-dealkylation sites (N-methyl/N-ethyl adjacent to an activating group) is 1. The van der Waals surface area contributed by atoms with Gasteiger partial charge in [0.2, 0.25) is 5.03 Å². The van der Waals surface area contributed by atoms with Crippen molar-refractivity contribution in [1.82, 2.24) is 86.7 Å². The lowest BCUT2D eigenvalue weighted by molar-refractivity contribution is 0.197. The molecule has 0 aromatic carbocycles. The van der Waals surface area contributed by atoms with Gasteiger partial charge in [-0.25, -0.2) is 44.5 Å². The summed E-state index contributed by atoms with van der Waals surface area (Å²) in [6, 6.07) is 31.8. The number of aryl methyl sites for hydroxylation is 12. The highest BCUT2D eigenvalue weighted by molar-refractivity contribution is 7.98. The summed E-state index contributed by atoms with van der Waals surface area (Å²) in [5.74, 6) is 3.41. The molecular formula is C91H132N30O7S2. The SMILES string of the molecule is CCOc1nn2c(C)c(C)ccc2c1N.CN(C)CCCNc1nn2ccc(N(C)C)cc2c1N.CN(C)CCNc1nn2ccc(N(C)C)cc2c1N.COc1nn2c(C)c(C)ccc2c1N.CSc1nn2c(C)c(C)ccc2c1N.Cc1ccc2c(N)c(OC(C)C)nn2c1C.Cc1ccc2c(N)c(OCCO)nn2c1C.Cc1ccc2c(N)c(S(C)(=O)=O)nn2c1C. The van der Waals surface area contributed by atoms with Gasteiger partial charge in [-0.05, 0) is 245 Å². The summed E-state index contributed by atoms with van der Waals surface area (Å²) in [6.07, 6.45) is 8.09. The second-order valence-corrected chi connectivity index (χ2v) is 35.3. The number of methoxy groups -OCH3 is 1. The molecule has 0 saturated heterocycles. The van der Waals surface area contributed by atoms with Crippen LogP contribution in [0.3, 0.4) is 0 Å². The van der Waals surface area contributed by atoms with Crippen LogP contribution in [0.15, 0.2) is 120 Å². The first-order chi connectivity index (χ1) is 61.4. The zero-order chi connectivity index (χ0) is 95.9. The van der Waals surface area contributed by atoms with E-state index >= 15 is 0 Å². The van der Waals surface area contributed by atoms with Gasteiger partial charge in [0.1, 0.15) is 45.8 Å². The van der Waals surface area contributed by atoms with Crippen LogP contribution in [-0.4, -0.2) is 228 Å². The number of aliphatic hydroxyl groups excluding tert-OH is 1. The Morgan fingerprint density at radius 1 is 0.423 bits per heavy atom. The largest absolute Gasteiger partial charge is 0.478 e. The Morgan fingerprint density at radius 2 is 0.762 bits per heavy atom. The first-order valence-corrected chi connectivity index (χ1v) is 45.5. The lowest BCUT2D eigenvalue weighted by Crippen LogP contribution is -2.21. The zero-order valence-electron chi connectivity index (χ0n) is 79.9. The van der Waals surface area contributed by atoms with Crippen LogP contribution >= 0.6 is 11.8 Å². The third kappa shape index (κ3) is 23.1. The van der Waals surface area contributed by atoms with Gasteiger partial charge in [0, 0.05) is 112 Å². The maximum absolute atomic E-state index is 11.5. The molecule has 0 aliphatic heterocycles. The number of nitrogens with one attached hydrogen (secondary N) is 2. The fourth-order valence-corrected chi connectivity index (χ4v) is 14.5. The lowest BCUT2D eigenvalue weighted by Gasteiger charge is -2.12. The van der Waals surface area contributed by atoms with Gasteiger partial charge in [-0.15, -0.1) is 42.4 Å². The van der Waals surface area contributed by atoms with E-state index in [9.17, 15) is 8.42 Å². The molecule has 19 N–H and O–H groups in total. The van der Waals surface area contributed by atoms with E-state index in [1.54, 1.807) is 38.5 Å². The molecule has 37 nitrogen and oxygen atoms in total. The minimum absolute atomic E-state index is 0.0503. The van der Waals surface area contributed by atoms with Gasteiger partial charge < -0.3 is 100 Å². The first kappa shape index (κ1) is 100. The number of fused-ring (bicyclic) bond motifs is 8. The number of aliphatic hydroxyl groups is 1. The molecular weight excluding hydrogens is 1690 g/mol. The molecule has 16 rings (SSSR count). The summed E-state index contributed by atoms with van der Waals surface area (Å²) < 4.78 is 58.5. The summed E-state index contributed by atoms with van der Waals surface area (Å²) in [5.41, 5.74) is 75.0. The number of rotatable bonds is 21. The lowest BCUT2D eigenvalue weighted by atomic mass is 10.2. The predicted octanol–water partition coefficient (Wildman–Crippen LogP) is 12.2. The van der Waals surface area contributed by atoms with Crippen LogP contribution in [0.5, 0.6) is 23.5 Å². The Labute approximate surface area is 764 Å². The molecule has 16 aromatic heterocycles. The molecule has 0 spiro atoms. The molecule has 0 unspecified atom stereocenters. The molecule has 0 radical (unpaired) electrons. The summed E-state index contributed by atoms with van der Waals surface area (Å²) in [6.45, 7) is 34.4. The van der Waals surface area contributed by atoms with E-state index in [0.717, 1.165) is 156 Å². The van der Waals surface area contributed by atoms with E-state index < -0.39 is 9.84 Å². The first-order valence-electron chi connectivity index (χ1n) is 42.3. The van der Waals surface area contributed by atoms with Crippen molar-refractivity contribution in [2.24, 2.45) is 0 Å². The van der Waals surface area contributed by atoms with Crippen molar-refractivity contribution >= 4 is 134 Å². The van der Waals surface area contributed by atoms with Crippen molar-refractivity contribution in [3.63, 3.8) is 0 Å². The third-order valence-corrected chi connectivity index (χ3v) is 23.5. The highest BCUT2D eigenvalue weighted by Crippen LogP contribution is 2.35. The number of hydrogen-bond donors (Lipinski definition) is 11. The third-order valence-electron chi connectivity index (χ3n) is 21.8. The fourth-order valence-electron chi connectivity index (χ4n) is 13.3. The normalized spacial score (nSPS) is 11.2. The van der Waals surface area contributed by atoms with E-state index in [1.807, 2.05) is 256 Å². The summed E-state index contributed by atoms with van der Waals surface area (Å²) in [7, 11) is 14.5. The smallest absolute Gasteiger partial charge is 0.257 e. The zero-order valence-corrected chi connectivity index (χ0v) is 81.5. The molecule has 0 saturated carbocycles. The maximum Gasteiger partial charge on any atom is 0.257 e. The van der Waals surface area contributed by atoms with E-state index in [-0.39, 0.29) is 30.0 Å². The molecule has 0 fully saturated rings. The maximum atomic E-state index is 11.5. The van der Waals surface area contributed by atoms with E-state index in [2.05, 4.69) is 107 Å². The Hall–Kier alpha value is -13.5. The molecule has 130 heavy (non-hydrogen) atoms. The molecule has 39 heteroatoms. The molecule has 16 heterocycles. The van der Waals surface area contributed by atoms with E-state index in [4.69, 9.17) is 69.9 Å². The van der Waals surface area contributed by atoms with Gasteiger partial charge in [-0.2, -0.15) is 10.2 Å². The Bertz CT molecular complexity index is 6630. The molecule has 16 aromatic rings. The van der Waals surface area contributed by atoms with E-state index in [0.29, 0.717) is 69.8 Å². The molecule has 0 atom stereocenters. The van der Waals surface area contributed by atoms with Crippen LogP contribution < -0.4 is 85.3 Å². The molecule has 0 aliphatic rings. The topological polar surface area (TPSA) is 475 Å². The number of nitrogen functional groups attached to an aromatic ring is 8. The second-order valence-electron chi connectivity index (χ2n) is 32.6. The minimum Gasteiger partial charge on any atom is -0.478 e. The van der Waals surface area contributed by atoms with Gasteiger partial charge in [0.05, 0.1) is 81.9 Å². The summed E-state index contributed by atoms with van der Waals surface area (Å²) in [4.78, 5) is 8.38. The van der Waals surface area contributed by atoms with Crippen LogP contribution in [0.2, 0.25) is 0 Å². The van der Waals surface area contributed by atoms with Crippen molar-refractivity contribution in [3.05, 3.63) is 177 Å². The number of nitrogens with zero attached hydrogens (tertiary/aromatic N) is 20. The number of aromatic nitrogens is 16. The molecule has 0 bridgehead atoms. The number of sulfone groups is 1. The van der Waals surface area contributed by atoms with Crippen LogP contribution in [0.1, 0.15) is 94.7 Å². The molecule has 0 aliphatic carbocycles. The van der Waals surface area contributed by atoms with Crippen molar-refractivity contribution in [1.29, 1.82) is 0 Å². The molecule has 700 valence electrons. The number of ether oxygens (including phenoxy) is 4. The Kier molecular flexibility index (Phi) is 33.6. The van der Waals surface area contributed by atoms with E-state index in [1.165, 1.54) is 22.3 Å². The predicted molar refractivity (Wildman–Crippen MR) is 532 cm³/mol. The quantitative estimate of drug-likeness (QED) is 0.0235. The average Bonchev–Trinajstić information content (AvgIpc) is 1.61. The second kappa shape index (κ2) is 43.5. The fraction of sp³-hybridized carbons (Fsp3) is 0.385. The highest BCUT2D eigenvalue weighted by atomic mass is 32.2. The van der Waals surface area contributed by atoms with Gasteiger partial charge in [0.25, 0.3) is 23.5 Å². The summed E-state index contributed by atoms with van der Waals surface area (Å²) >= 11 is 1.58. The number of nitrogens with two attached hydrogens (primary N) is 8. The van der Waals surface area contributed by atoms with Gasteiger partial charge in [-0.1, -0.05) is 36.4 Å². The van der Waals surface area contributed by atoms with Crippen molar-refractivity contribution in [2.75, 3.05) is 188 Å². The number of anilines is 12. The van der Waals surface area contributed by atoms with Crippen molar-refractivity contribution in [3.8, 4) is 23.5 Å². The standard InChI is InChI=1S/C14H24N6.C13H22N6.C12H17N3O.C11H15N3O2.C11H15N3O.C10H13N3O2S.C10H13N3O.C10H13N3S/c1-18(2)8-5-7-16-14-13(15)12-10-11(19(3)4)6-9-20(12)17-14;1-17(2)8-6-15-13-12(14)11-9-10(18(3)4)5-7-19(11)16-13;1-7(2)16-12-11(13)10-6-5-8(3)9(4)15(10)14-12;1-7-3-4-9-10(12)11(16-6-5-15)13-14(9)8(7)2;1-4-15-11-10(12)9-6-5-7(2)8(3)14(9)13-11;1-6-4-5-8-9(11)10(16(3,14)15)12-13(8)7(6)2;2*1-6-4-5-8-9(11)10(14-3)12-13(8)7(6)2/h6,9-10H,5,7-8,15H2,1-4H3,(H,16,17);5,7,9H,6,8,14H2,1-4H3,(H,15,16);5-7H,13H2,1-4H3;3-4,15H,5-6,12H2,1-2H3;5-6H,4,12H2,1-3H3;4-5H,11H2,1-3H3;2*4-5H,11H2,1-3H3. The van der Waals surface area contributed by atoms with Crippen LogP contribution in [-0.2, 0) is 9.84 Å². The van der Waals surface area contributed by atoms with Gasteiger partial charge in [-0.3, -0.25) is 0 Å². The van der Waals surface area contributed by atoms with Crippen LogP contribution in [0.4, 0.5) is 68.5 Å². The molecule has 0 amide bonds. The number of pyridine rings is 8. The Balaban J connectivity index is 0.000000168. The average molecular weight is 1820 g/mol. The summed E-state index contributed by atoms with van der Waals surface area (Å²) in [5, 5.41) is 50.8. The van der Waals surface area contributed by atoms with Crippen molar-refractivity contribution < 1.29 is 32.5 Å². The van der Waals surface area contributed by atoms with Gasteiger partial charge in [0.15, 0.2) is 21.5 Å². The highest BCUT2D eigenvalue weighted by Gasteiger charge is 2.23. The minimum atomic E-state index is -3.38.